The van der Waals surface area contributed by atoms with Gasteiger partial charge in [-0.15, -0.1) is 0 Å². The molecule has 1 aromatic carbocycles. The van der Waals surface area contributed by atoms with E-state index >= 15 is 0 Å². The van der Waals surface area contributed by atoms with E-state index < -0.39 is 6.04 Å². The summed E-state index contributed by atoms with van der Waals surface area (Å²) < 4.78 is 4.83. The zero-order valence-electron chi connectivity index (χ0n) is 16.5. The lowest BCUT2D eigenvalue weighted by Gasteiger charge is -2.30. The summed E-state index contributed by atoms with van der Waals surface area (Å²) in [7, 11) is 1.36. The number of benzene rings is 1. The molecule has 1 heterocycles. The second kappa shape index (κ2) is 10.6. The largest absolute Gasteiger partial charge is 0.467 e. The van der Waals surface area contributed by atoms with E-state index in [2.05, 4.69) is 17.4 Å². The van der Waals surface area contributed by atoms with Crippen molar-refractivity contribution in [3.8, 4) is 0 Å². The Morgan fingerprint density at radius 1 is 1.15 bits per heavy atom. The van der Waals surface area contributed by atoms with E-state index in [4.69, 9.17) is 16.3 Å². The average molecular weight is 398 g/mol. The minimum Gasteiger partial charge on any atom is -0.467 e. The number of hydrogen-bond donors (Lipinski definition) is 3. The van der Waals surface area contributed by atoms with Gasteiger partial charge in [0.15, 0.2) is 6.54 Å². The number of amides is 1. The molecule has 1 aliphatic heterocycles. The summed E-state index contributed by atoms with van der Waals surface area (Å²) in [5.74, 6) is -0.399. The summed E-state index contributed by atoms with van der Waals surface area (Å²) in [6.07, 6.45) is 0.805. The maximum absolute atomic E-state index is 12.4. The van der Waals surface area contributed by atoms with Crippen molar-refractivity contribution >= 4 is 23.5 Å². The van der Waals surface area contributed by atoms with Gasteiger partial charge < -0.3 is 19.9 Å². The Bertz CT molecular complexity index is 615. The van der Waals surface area contributed by atoms with Crippen LogP contribution in [-0.2, 0) is 20.9 Å². The van der Waals surface area contributed by atoms with Gasteiger partial charge >= 0.3 is 5.97 Å². The number of rotatable bonds is 8. The molecule has 2 rings (SSSR count). The summed E-state index contributed by atoms with van der Waals surface area (Å²) in [5.41, 5.74) is 1.28. The Balaban J connectivity index is 1.77. The van der Waals surface area contributed by atoms with Crippen molar-refractivity contribution in [3.63, 3.8) is 0 Å². The van der Waals surface area contributed by atoms with Crippen molar-refractivity contribution in [2.24, 2.45) is 5.92 Å². The monoisotopic (exact) mass is 397 g/mol. The van der Waals surface area contributed by atoms with E-state index in [1.54, 1.807) is 0 Å². The van der Waals surface area contributed by atoms with Gasteiger partial charge in [0.25, 0.3) is 5.91 Å². The topological polar surface area (TPSA) is 64.3 Å². The standard InChI is InChI=1S/C20H30ClN3O3/c1-4-15(2)19(20(26)27-3)22-18(25)14-24-11-9-23(10-12-24)13-16-5-7-17(21)8-6-16/h5-8,15,19H,4,9-14H2,1-3H3,(H,22,25)/p+2/t15-,19-/m0/s1. The molecule has 1 fully saturated rings. The molecule has 3 N–H and O–H groups in total. The Morgan fingerprint density at radius 2 is 1.74 bits per heavy atom. The van der Waals surface area contributed by atoms with Crippen LogP contribution in [-0.4, -0.2) is 57.8 Å². The van der Waals surface area contributed by atoms with Gasteiger partial charge in [0.05, 0.1) is 7.11 Å². The molecule has 150 valence electrons. The van der Waals surface area contributed by atoms with Crippen LogP contribution in [0, 0.1) is 5.92 Å². The Kier molecular flexibility index (Phi) is 8.54. The van der Waals surface area contributed by atoms with Crippen LogP contribution < -0.4 is 15.1 Å². The van der Waals surface area contributed by atoms with E-state index in [1.807, 2.05) is 26.0 Å². The predicted molar refractivity (Wildman–Crippen MR) is 105 cm³/mol. The van der Waals surface area contributed by atoms with Crippen molar-refractivity contribution in [1.82, 2.24) is 5.32 Å². The fourth-order valence-corrected chi connectivity index (χ4v) is 3.58. The second-order valence-electron chi connectivity index (χ2n) is 7.43. The van der Waals surface area contributed by atoms with Crippen LogP contribution in [0.25, 0.3) is 0 Å². The number of esters is 1. The molecule has 0 saturated carbocycles. The van der Waals surface area contributed by atoms with Crippen LogP contribution in [0.1, 0.15) is 25.8 Å². The molecule has 1 saturated heterocycles. The van der Waals surface area contributed by atoms with E-state index in [0.29, 0.717) is 6.54 Å². The molecule has 7 heteroatoms. The van der Waals surface area contributed by atoms with Crippen molar-refractivity contribution < 1.29 is 24.1 Å². The fourth-order valence-electron chi connectivity index (χ4n) is 3.45. The quantitative estimate of drug-likeness (QED) is 0.510. The molecule has 0 aromatic heterocycles. The van der Waals surface area contributed by atoms with Gasteiger partial charge in [0, 0.05) is 10.6 Å². The lowest BCUT2D eigenvalue weighted by molar-refractivity contribution is -1.02. The van der Waals surface area contributed by atoms with Crippen molar-refractivity contribution in [2.45, 2.75) is 32.9 Å². The molecule has 1 aliphatic rings. The predicted octanol–water partition coefficient (Wildman–Crippen LogP) is -0.673. The highest BCUT2D eigenvalue weighted by molar-refractivity contribution is 6.30. The van der Waals surface area contributed by atoms with Crippen molar-refractivity contribution in [2.75, 3.05) is 39.8 Å². The number of piperazine rings is 1. The first-order valence-corrected chi connectivity index (χ1v) is 10.1. The van der Waals surface area contributed by atoms with Crippen LogP contribution in [0.5, 0.6) is 0 Å². The van der Waals surface area contributed by atoms with E-state index in [0.717, 1.165) is 44.2 Å². The SMILES string of the molecule is CC[C@H](C)[C@H](NC(=O)C[NH+]1CC[NH+](Cc2ccc(Cl)cc2)CC1)C(=O)OC. The lowest BCUT2D eigenvalue weighted by atomic mass is 9.99. The molecular formula is C20H32ClN3O3+2. The number of ether oxygens (including phenoxy) is 1. The maximum Gasteiger partial charge on any atom is 0.328 e. The fraction of sp³-hybridized carbons (Fsp3) is 0.600. The molecule has 0 aliphatic carbocycles. The van der Waals surface area contributed by atoms with Crippen molar-refractivity contribution in [1.29, 1.82) is 0 Å². The second-order valence-corrected chi connectivity index (χ2v) is 7.87. The number of hydrogen-bond acceptors (Lipinski definition) is 3. The molecule has 1 aromatic rings. The molecule has 0 radical (unpaired) electrons. The molecular weight excluding hydrogens is 366 g/mol. The zero-order valence-corrected chi connectivity index (χ0v) is 17.3. The third kappa shape index (κ3) is 6.79. The Morgan fingerprint density at radius 3 is 2.30 bits per heavy atom. The van der Waals surface area contributed by atoms with Crippen molar-refractivity contribution in [3.05, 3.63) is 34.9 Å². The normalized spacial score (nSPS) is 21.9. The summed E-state index contributed by atoms with van der Waals surface area (Å²) >= 11 is 5.94. The molecule has 2 atom stereocenters. The van der Waals surface area contributed by atoms with Gasteiger partial charge in [-0.1, -0.05) is 44.0 Å². The molecule has 0 unspecified atom stereocenters. The first kappa shape index (κ1) is 21.7. The first-order valence-electron chi connectivity index (χ1n) is 9.71. The van der Waals surface area contributed by atoms with Gasteiger partial charge in [0.2, 0.25) is 0 Å². The molecule has 6 nitrogen and oxygen atoms in total. The summed E-state index contributed by atoms with van der Waals surface area (Å²) in [5, 5.41) is 3.63. The number of quaternary nitrogens is 2. The van der Waals surface area contributed by atoms with E-state index in [9.17, 15) is 9.59 Å². The van der Waals surface area contributed by atoms with Gasteiger partial charge in [-0.2, -0.15) is 0 Å². The van der Waals surface area contributed by atoms with Gasteiger partial charge in [-0.05, 0) is 18.1 Å². The highest BCUT2D eigenvalue weighted by Crippen LogP contribution is 2.09. The van der Waals surface area contributed by atoms with E-state index in [-0.39, 0.29) is 17.8 Å². The van der Waals surface area contributed by atoms with E-state index in [1.165, 1.54) is 22.5 Å². The Labute approximate surface area is 166 Å². The van der Waals surface area contributed by atoms with Gasteiger partial charge in [-0.25, -0.2) is 4.79 Å². The third-order valence-electron chi connectivity index (χ3n) is 5.43. The van der Waals surface area contributed by atoms with Crippen LogP contribution in [0.2, 0.25) is 5.02 Å². The van der Waals surface area contributed by atoms with Crippen LogP contribution in [0.4, 0.5) is 0 Å². The minimum atomic E-state index is -0.566. The molecule has 27 heavy (non-hydrogen) atoms. The molecule has 0 spiro atoms. The molecule has 0 bridgehead atoms. The number of carbonyl (C=O) groups excluding carboxylic acids is 2. The summed E-state index contributed by atoms with van der Waals surface area (Å²) in [4.78, 5) is 27.1. The van der Waals surface area contributed by atoms with Crippen LogP contribution in [0.15, 0.2) is 24.3 Å². The number of halogens is 1. The van der Waals surface area contributed by atoms with Gasteiger partial charge in [0.1, 0.15) is 38.8 Å². The summed E-state index contributed by atoms with van der Waals surface area (Å²) in [6.45, 7) is 9.28. The Hall–Kier alpha value is -1.63. The number of nitrogens with one attached hydrogen (secondary N) is 3. The average Bonchev–Trinajstić information content (AvgIpc) is 2.68. The third-order valence-corrected chi connectivity index (χ3v) is 5.68. The smallest absolute Gasteiger partial charge is 0.328 e. The minimum absolute atomic E-state index is 0.0528. The lowest BCUT2D eigenvalue weighted by Crippen LogP contribution is -3.28. The van der Waals surface area contributed by atoms with Crippen LogP contribution >= 0.6 is 11.6 Å². The highest BCUT2D eigenvalue weighted by Gasteiger charge is 2.30. The maximum atomic E-state index is 12.4. The number of carbonyl (C=O) groups is 2. The zero-order chi connectivity index (χ0) is 19.8. The highest BCUT2D eigenvalue weighted by atomic mass is 35.5. The number of methoxy groups -OCH3 is 1. The van der Waals surface area contributed by atoms with Crippen LogP contribution in [0.3, 0.4) is 0 Å². The summed E-state index contributed by atoms with van der Waals surface area (Å²) in [6, 6.07) is 7.44. The van der Waals surface area contributed by atoms with Gasteiger partial charge in [-0.3, -0.25) is 4.79 Å². The molecule has 1 amide bonds. The first-order chi connectivity index (χ1) is 12.9.